The number of rotatable bonds is 3. The van der Waals surface area contributed by atoms with Gasteiger partial charge < -0.3 is 15.4 Å². The molecule has 1 aromatic rings. The Balaban J connectivity index is 1.88. The largest absolute Gasteiger partial charge is 0.459 e. The Labute approximate surface area is 146 Å². The topological polar surface area (TPSA) is 67.4 Å². The van der Waals surface area contributed by atoms with Crippen LogP contribution in [0.1, 0.15) is 44.7 Å². The molecule has 1 aromatic carbocycles. The fourth-order valence-electron chi connectivity index (χ4n) is 3.36. The van der Waals surface area contributed by atoms with Gasteiger partial charge in [0.1, 0.15) is 6.10 Å². The van der Waals surface area contributed by atoms with Crippen LogP contribution in [0.2, 0.25) is 5.02 Å². The highest BCUT2D eigenvalue weighted by Gasteiger charge is 2.35. The van der Waals surface area contributed by atoms with Crippen molar-refractivity contribution in [1.29, 1.82) is 0 Å². The molecule has 2 aliphatic rings. The van der Waals surface area contributed by atoms with Gasteiger partial charge in [0.2, 0.25) is 0 Å². The van der Waals surface area contributed by atoms with Crippen molar-refractivity contribution in [2.45, 2.75) is 45.3 Å². The van der Waals surface area contributed by atoms with Crippen LogP contribution in [0.4, 0.5) is 4.79 Å². The summed E-state index contributed by atoms with van der Waals surface area (Å²) in [6, 6.07) is 6.21. The number of carbonyl (C=O) groups excluding carboxylic acids is 2. The zero-order chi connectivity index (χ0) is 17.3. The fourth-order valence-corrected chi connectivity index (χ4v) is 3.48. The van der Waals surface area contributed by atoms with E-state index in [-0.39, 0.29) is 18.1 Å². The van der Waals surface area contributed by atoms with Gasteiger partial charge in [-0.2, -0.15) is 0 Å². The average Bonchev–Trinajstić information content (AvgIpc) is 2.92. The summed E-state index contributed by atoms with van der Waals surface area (Å²) in [6.07, 6.45) is 2.99. The second kappa shape index (κ2) is 6.85. The van der Waals surface area contributed by atoms with Crippen LogP contribution in [0, 0.1) is 5.92 Å². The minimum atomic E-state index is -0.541. The van der Waals surface area contributed by atoms with Crippen LogP contribution in [-0.2, 0) is 9.53 Å². The van der Waals surface area contributed by atoms with Crippen LogP contribution in [0.15, 0.2) is 35.5 Å². The Bertz CT molecular complexity index is 684. The van der Waals surface area contributed by atoms with Gasteiger partial charge in [0.05, 0.1) is 11.6 Å². The lowest BCUT2D eigenvalue weighted by Gasteiger charge is -2.29. The van der Waals surface area contributed by atoms with E-state index in [1.54, 1.807) is 31.2 Å². The molecule has 0 saturated heterocycles. The summed E-state index contributed by atoms with van der Waals surface area (Å²) in [6.45, 7) is 3.82. The monoisotopic (exact) mass is 348 g/mol. The lowest BCUT2D eigenvalue weighted by atomic mass is 9.95. The van der Waals surface area contributed by atoms with Crippen molar-refractivity contribution in [3.8, 4) is 0 Å². The number of amides is 2. The number of nitrogens with one attached hydrogen (secondary N) is 2. The van der Waals surface area contributed by atoms with Crippen LogP contribution < -0.4 is 10.6 Å². The molecule has 1 saturated carbocycles. The molecule has 1 aliphatic heterocycles. The Kier molecular flexibility index (Phi) is 4.81. The number of esters is 1. The second-order valence-corrected chi connectivity index (χ2v) is 6.91. The zero-order valence-electron chi connectivity index (χ0n) is 13.8. The standard InChI is InChI=1S/C18H21ClN2O3/c1-10-4-3-5-14(10)24-17(22)15-11(2)20-18(23)21-16(15)12-6-8-13(19)9-7-12/h6-10,14,16H,3-5H2,1-2H3,(H2,20,21,23)/t10-,14+,16-/m1/s1. The summed E-state index contributed by atoms with van der Waals surface area (Å²) in [5.74, 6) is -0.00585. The van der Waals surface area contributed by atoms with E-state index in [2.05, 4.69) is 17.6 Å². The van der Waals surface area contributed by atoms with Gasteiger partial charge in [0, 0.05) is 10.7 Å². The van der Waals surface area contributed by atoms with Gasteiger partial charge in [-0.25, -0.2) is 9.59 Å². The zero-order valence-corrected chi connectivity index (χ0v) is 14.5. The van der Waals surface area contributed by atoms with Crippen LogP contribution in [-0.4, -0.2) is 18.1 Å². The van der Waals surface area contributed by atoms with Gasteiger partial charge in [-0.05, 0) is 49.8 Å². The highest BCUT2D eigenvalue weighted by molar-refractivity contribution is 6.30. The molecular weight excluding hydrogens is 328 g/mol. The minimum absolute atomic E-state index is 0.0544. The van der Waals surface area contributed by atoms with Crippen molar-refractivity contribution in [3.63, 3.8) is 0 Å². The molecule has 2 amide bonds. The third kappa shape index (κ3) is 3.41. The molecule has 1 heterocycles. The maximum atomic E-state index is 12.8. The molecule has 3 rings (SSSR count). The van der Waals surface area contributed by atoms with Crippen LogP contribution >= 0.6 is 11.6 Å². The van der Waals surface area contributed by atoms with E-state index < -0.39 is 6.04 Å². The molecule has 24 heavy (non-hydrogen) atoms. The first kappa shape index (κ1) is 16.8. The Morgan fingerprint density at radius 2 is 1.96 bits per heavy atom. The predicted molar refractivity (Wildman–Crippen MR) is 91.5 cm³/mol. The van der Waals surface area contributed by atoms with Gasteiger partial charge in [0.15, 0.2) is 0 Å². The lowest BCUT2D eigenvalue weighted by molar-refractivity contribution is -0.146. The summed E-state index contributed by atoms with van der Waals surface area (Å²) in [4.78, 5) is 24.6. The Morgan fingerprint density at radius 3 is 2.58 bits per heavy atom. The number of benzene rings is 1. The number of hydrogen-bond acceptors (Lipinski definition) is 3. The summed E-state index contributed by atoms with van der Waals surface area (Å²) in [5.41, 5.74) is 1.75. The van der Waals surface area contributed by atoms with E-state index in [1.165, 1.54) is 0 Å². The molecule has 0 radical (unpaired) electrons. The van der Waals surface area contributed by atoms with Gasteiger partial charge >= 0.3 is 12.0 Å². The van der Waals surface area contributed by atoms with E-state index in [4.69, 9.17) is 16.3 Å². The maximum absolute atomic E-state index is 12.8. The van der Waals surface area contributed by atoms with E-state index >= 15 is 0 Å². The summed E-state index contributed by atoms with van der Waals surface area (Å²) in [7, 11) is 0. The number of urea groups is 1. The summed E-state index contributed by atoms with van der Waals surface area (Å²) in [5, 5.41) is 6.06. The number of hydrogen-bond donors (Lipinski definition) is 2. The molecule has 1 aliphatic carbocycles. The van der Waals surface area contributed by atoms with Crippen LogP contribution in [0.3, 0.4) is 0 Å². The van der Waals surface area contributed by atoms with Crippen molar-refractivity contribution in [2.24, 2.45) is 5.92 Å². The molecule has 0 spiro atoms. The molecule has 1 fully saturated rings. The molecule has 0 aromatic heterocycles. The van der Waals surface area contributed by atoms with Crippen molar-refractivity contribution < 1.29 is 14.3 Å². The fraction of sp³-hybridized carbons (Fsp3) is 0.444. The first-order chi connectivity index (χ1) is 11.5. The molecule has 2 N–H and O–H groups in total. The molecular formula is C18H21ClN2O3. The van der Waals surface area contributed by atoms with Crippen LogP contribution in [0.25, 0.3) is 0 Å². The number of ether oxygens (including phenoxy) is 1. The van der Waals surface area contributed by atoms with Crippen molar-refractivity contribution in [3.05, 3.63) is 46.1 Å². The Hall–Kier alpha value is -2.01. The maximum Gasteiger partial charge on any atom is 0.338 e. The van der Waals surface area contributed by atoms with Crippen LogP contribution in [0.5, 0.6) is 0 Å². The van der Waals surface area contributed by atoms with Gasteiger partial charge in [-0.3, -0.25) is 0 Å². The number of allylic oxidation sites excluding steroid dienone is 1. The Morgan fingerprint density at radius 1 is 1.25 bits per heavy atom. The lowest BCUT2D eigenvalue weighted by Crippen LogP contribution is -2.45. The third-order valence-corrected chi connectivity index (χ3v) is 4.99. The number of carbonyl (C=O) groups is 2. The molecule has 128 valence electrons. The molecule has 5 nitrogen and oxygen atoms in total. The SMILES string of the molecule is CC1=C(C(=O)O[C@H]2CCC[C@H]2C)[C@@H](c2ccc(Cl)cc2)NC(=O)N1. The molecule has 0 bridgehead atoms. The third-order valence-electron chi connectivity index (χ3n) is 4.73. The van der Waals surface area contributed by atoms with E-state index in [1.807, 2.05) is 0 Å². The average molecular weight is 349 g/mol. The van der Waals surface area contributed by atoms with Gasteiger partial charge in [0.25, 0.3) is 0 Å². The summed E-state index contributed by atoms with van der Waals surface area (Å²) >= 11 is 5.93. The molecule has 6 heteroatoms. The van der Waals surface area contributed by atoms with E-state index in [0.717, 1.165) is 24.8 Å². The highest BCUT2D eigenvalue weighted by atomic mass is 35.5. The van der Waals surface area contributed by atoms with E-state index in [9.17, 15) is 9.59 Å². The quantitative estimate of drug-likeness (QED) is 0.818. The normalized spacial score (nSPS) is 26.8. The second-order valence-electron chi connectivity index (χ2n) is 6.47. The van der Waals surface area contributed by atoms with Gasteiger partial charge in [-0.1, -0.05) is 30.7 Å². The predicted octanol–water partition coefficient (Wildman–Crippen LogP) is 3.70. The molecule has 0 unspecified atom stereocenters. The van der Waals surface area contributed by atoms with Crippen molar-refractivity contribution in [1.82, 2.24) is 10.6 Å². The first-order valence-corrected chi connectivity index (χ1v) is 8.58. The summed E-state index contributed by atoms with van der Waals surface area (Å²) < 4.78 is 5.73. The first-order valence-electron chi connectivity index (χ1n) is 8.20. The smallest absolute Gasteiger partial charge is 0.338 e. The van der Waals surface area contributed by atoms with E-state index in [0.29, 0.717) is 22.2 Å². The van der Waals surface area contributed by atoms with Gasteiger partial charge in [-0.15, -0.1) is 0 Å². The number of halogens is 1. The molecule has 3 atom stereocenters. The minimum Gasteiger partial charge on any atom is -0.459 e. The van der Waals surface area contributed by atoms with Crippen molar-refractivity contribution in [2.75, 3.05) is 0 Å². The van der Waals surface area contributed by atoms with Crippen molar-refractivity contribution >= 4 is 23.6 Å². The highest BCUT2D eigenvalue weighted by Crippen LogP contribution is 2.32.